The Morgan fingerprint density at radius 3 is 2.33 bits per heavy atom. The van der Waals surface area contributed by atoms with Gasteiger partial charge in [0.2, 0.25) is 5.91 Å². The monoisotopic (exact) mass is 173 g/mol. The van der Waals surface area contributed by atoms with E-state index in [0.29, 0.717) is 13.1 Å². The van der Waals surface area contributed by atoms with Crippen LogP contribution in [0.1, 0.15) is 20.8 Å². The lowest BCUT2D eigenvalue weighted by Gasteiger charge is -2.25. The highest BCUT2D eigenvalue weighted by Crippen LogP contribution is 2.16. The van der Waals surface area contributed by atoms with E-state index in [1.54, 1.807) is 0 Å². The smallest absolute Gasteiger partial charge is 0.237 e. The molecule has 0 aliphatic rings. The fourth-order valence-corrected chi connectivity index (χ4v) is 0.699. The van der Waals surface area contributed by atoms with Crippen LogP contribution in [0, 0.1) is 5.41 Å². The highest BCUT2D eigenvalue weighted by Gasteiger charge is 2.26. The van der Waals surface area contributed by atoms with E-state index in [2.05, 4.69) is 5.32 Å². The van der Waals surface area contributed by atoms with Gasteiger partial charge in [0.25, 0.3) is 0 Å². The van der Waals surface area contributed by atoms with Gasteiger partial charge in [0.05, 0.1) is 6.04 Å². The number of amides is 1. The van der Waals surface area contributed by atoms with Gasteiger partial charge in [-0.1, -0.05) is 20.8 Å². The molecule has 4 heteroatoms. The van der Waals surface area contributed by atoms with E-state index >= 15 is 0 Å². The highest BCUT2D eigenvalue weighted by molar-refractivity contribution is 5.82. The molecule has 0 aromatic carbocycles. The minimum absolute atomic E-state index is 0.132. The van der Waals surface area contributed by atoms with Crippen molar-refractivity contribution in [3.05, 3.63) is 0 Å². The second-order valence-corrected chi connectivity index (χ2v) is 3.92. The number of hydrogen-bond donors (Lipinski definition) is 3. The summed E-state index contributed by atoms with van der Waals surface area (Å²) in [5, 5.41) is 2.65. The normalized spacial score (nSPS) is 14.1. The summed E-state index contributed by atoms with van der Waals surface area (Å²) < 4.78 is 0. The maximum Gasteiger partial charge on any atom is 0.237 e. The summed E-state index contributed by atoms with van der Waals surface area (Å²) in [5.74, 6) is -0.132. The molecule has 72 valence electrons. The number of carbonyl (C=O) groups is 1. The summed E-state index contributed by atoms with van der Waals surface area (Å²) in [6.45, 7) is 6.73. The lowest BCUT2D eigenvalue weighted by molar-refractivity contribution is -0.124. The van der Waals surface area contributed by atoms with Crippen molar-refractivity contribution in [2.75, 3.05) is 13.1 Å². The second kappa shape index (κ2) is 4.42. The average molecular weight is 173 g/mol. The van der Waals surface area contributed by atoms with Crippen LogP contribution in [0.4, 0.5) is 0 Å². The lowest BCUT2D eigenvalue weighted by Crippen LogP contribution is -2.49. The van der Waals surface area contributed by atoms with Gasteiger partial charge in [-0.25, -0.2) is 0 Å². The molecule has 4 nitrogen and oxygen atoms in total. The van der Waals surface area contributed by atoms with Gasteiger partial charge in [-0.15, -0.1) is 0 Å². The van der Waals surface area contributed by atoms with Gasteiger partial charge in [0, 0.05) is 13.1 Å². The molecular weight excluding hydrogens is 154 g/mol. The van der Waals surface area contributed by atoms with Crippen LogP contribution >= 0.6 is 0 Å². The third kappa shape index (κ3) is 3.69. The maximum absolute atomic E-state index is 11.3. The molecule has 0 bridgehead atoms. The van der Waals surface area contributed by atoms with Crippen molar-refractivity contribution in [1.82, 2.24) is 5.32 Å². The van der Waals surface area contributed by atoms with Crippen LogP contribution in [0.5, 0.6) is 0 Å². The van der Waals surface area contributed by atoms with E-state index < -0.39 is 6.04 Å². The SMILES string of the molecule is CC(C)(C)C(N)C(=O)NCCN. The zero-order valence-electron chi connectivity index (χ0n) is 8.05. The first kappa shape index (κ1) is 11.4. The summed E-state index contributed by atoms with van der Waals surface area (Å²) in [7, 11) is 0. The van der Waals surface area contributed by atoms with Crippen molar-refractivity contribution >= 4 is 5.91 Å². The van der Waals surface area contributed by atoms with Crippen LogP contribution in [0.2, 0.25) is 0 Å². The van der Waals surface area contributed by atoms with Gasteiger partial charge >= 0.3 is 0 Å². The van der Waals surface area contributed by atoms with Crippen molar-refractivity contribution in [3.8, 4) is 0 Å². The summed E-state index contributed by atoms with van der Waals surface area (Å²) in [5.41, 5.74) is 10.7. The van der Waals surface area contributed by atoms with Crippen molar-refractivity contribution in [1.29, 1.82) is 0 Å². The standard InChI is InChI=1S/C8H19N3O/c1-8(2,3)6(10)7(12)11-5-4-9/h6H,4-5,9-10H2,1-3H3,(H,11,12). The highest BCUT2D eigenvalue weighted by atomic mass is 16.2. The molecule has 0 saturated carbocycles. The molecule has 0 aliphatic carbocycles. The minimum atomic E-state index is -0.468. The minimum Gasteiger partial charge on any atom is -0.353 e. The Hall–Kier alpha value is -0.610. The van der Waals surface area contributed by atoms with Crippen molar-refractivity contribution in [2.24, 2.45) is 16.9 Å². The number of carbonyl (C=O) groups excluding carboxylic acids is 1. The molecule has 0 aromatic rings. The van der Waals surface area contributed by atoms with E-state index in [1.165, 1.54) is 0 Å². The van der Waals surface area contributed by atoms with E-state index in [-0.39, 0.29) is 11.3 Å². The van der Waals surface area contributed by atoms with E-state index in [0.717, 1.165) is 0 Å². The first-order valence-corrected chi connectivity index (χ1v) is 4.13. The Balaban J connectivity index is 3.94. The zero-order valence-corrected chi connectivity index (χ0v) is 8.05. The third-order valence-electron chi connectivity index (χ3n) is 1.66. The molecule has 1 atom stereocenters. The van der Waals surface area contributed by atoms with Gasteiger partial charge in [-0.2, -0.15) is 0 Å². The molecular formula is C8H19N3O. The van der Waals surface area contributed by atoms with Crippen LogP contribution in [-0.2, 0) is 4.79 Å². The Labute approximate surface area is 73.7 Å². The Morgan fingerprint density at radius 2 is 2.00 bits per heavy atom. The molecule has 0 heterocycles. The summed E-state index contributed by atoms with van der Waals surface area (Å²) in [6, 6.07) is -0.468. The van der Waals surface area contributed by atoms with Crippen LogP contribution in [0.25, 0.3) is 0 Å². The van der Waals surface area contributed by atoms with Crippen molar-refractivity contribution in [3.63, 3.8) is 0 Å². The molecule has 1 amide bonds. The molecule has 0 aromatic heterocycles. The first-order valence-electron chi connectivity index (χ1n) is 4.13. The number of nitrogens with one attached hydrogen (secondary N) is 1. The molecule has 1 unspecified atom stereocenters. The lowest BCUT2D eigenvalue weighted by atomic mass is 9.87. The van der Waals surface area contributed by atoms with E-state index in [4.69, 9.17) is 11.5 Å². The van der Waals surface area contributed by atoms with Gasteiger partial charge < -0.3 is 16.8 Å². The van der Waals surface area contributed by atoms with Crippen molar-refractivity contribution in [2.45, 2.75) is 26.8 Å². The molecule has 0 rings (SSSR count). The molecule has 0 aliphatic heterocycles. The summed E-state index contributed by atoms with van der Waals surface area (Å²) in [4.78, 5) is 11.3. The van der Waals surface area contributed by atoms with Gasteiger partial charge in [-0.05, 0) is 5.41 Å². The van der Waals surface area contributed by atoms with Crippen LogP contribution in [0.3, 0.4) is 0 Å². The van der Waals surface area contributed by atoms with Crippen LogP contribution in [0.15, 0.2) is 0 Å². The second-order valence-electron chi connectivity index (χ2n) is 3.92. The zero-order chi connectivity index (χ0) is 9.78. The molecule has 5 N–H and O–H groups in total. The van der Waals surface area contributed by atoms with Gasteiger partial charge in [-0.3, -0.25) is 4.79 Å². The van der Waals surface area contributed by atoms with Crippen LogP contribution < -0.4 is 16.8 Å². The molecule has 0 fully saturated rings. The molecule has 12 heavy (non-hydrogen) atoms. The predicted molar refractivity (Wildman–Crippen MR) is 49.5 cm³/mol. The average Bonchev–Trinajstić information content (AvgIpc) is 1.97. The number of rotatable bonds is 3. The van der Waals surface area contributed by atoms with Gasteiger partial charge in [0.1, 0.15) is 0 Å². The fraction of sp³-hybridized carbons (Fsp3) is 0.875. The Kier molecular flexibility index (Phi) is 4.20. The van der Waals surface area contributed by atoms with E-state index in [1.807, 2.05) is 20.8 Å². The Bertz CT molecular complexity index is 151. The summed E-state index contributed by atoms with van der Waals surface area (Å²) >= 11 is 0. The number of hydrogen-bond acceptors (Lipinski definition) is 3. The Morgan fingerprint density at radius 1 is 1.50 bits per heavy atom. The fourth-order valence-electron chi connectivity index (χ4n) is 0.699. The van der Waals surface area contributed by atoms with Crippen molar-refractivity contribution < 1.29 is 4.79 Å². The van der Waals surface area contributed by atoms with Gasteiger partial charge in [0.15, 0.2) is 0 Å². The maximum atomic E-state index is 11.3. The molecule has 0 saturated heterocycles. The number of nitrogens with two attached hydrogens (primary N) is 2. The predicted octanol–water partition coefficient (Wildman–Crippen LogP) is -0.565. The molecule has 0 radical (unpaired) electrons. The summed E-state index contributed by atoms with van der Waals surface area (Å²) in [6.07, 6.45) is 0. The molecule has 0 spiro atoms. The van der Waals surface area contributed by atoms with E-state index in [9.17, 15) is 4.79 Å². The largest absolute Gasteiger partial charge is 0.353 e. The quantitative estimate of drug-likeness (QED) is 0.535. The first-order chi connectivity index (χ1) is 5.39. The topological polar surface area (TPSA) is 81.1 Å². The van der Waals surface area contributed by atoms with Crippen LogP contribution in [-0.4, -0.2) is 25.0 Å². The third-order valence-corrected chi connectivity index (χ3v) is 1.66.